The Morgan fingerprint density at radius 3 is 3.00 bits per heavy atom. The molecule has 1 aromatic carbocycles. The molecule has 6 nitrogen and oxygen atoms in total. The van der Waals surface area contributed by atoms with Gasteiger partial charge in [0.2, 0.25) is 0 Å². The number of carbonyl (C=O) groups excluding carboxylic acids is 1. The molecular formula is C11H15N3O3. The summed E-state index contributed by atoms with van der Waals surface area (Å²) in [5.74, 6) is 4.23. The molecule has 0 aliphatic rings. The third-order valence-electron chi connectivity index (χ3n) is 2.11. The first-order valence-electron chi connectivity index (χ1n) is 5.19. The molecule has 0 aromatic heterocycles. The van der Waals surface area contributed by atoms with Gasteiger partial charge in [0, 0.05) is 0 Å². The minimum absolute atomic E-state index is 0.233. The second-order valence-corrected chi connectivity index (χ2v) is 3.31. The SMILES string of the molecule is CCOC(=O)C(O)c1cccc(CN=NN)c1. The van der Waals surface area contributed by atoms with Crippen molar-refractivity contribution in [2.45, 2.75) is 19.6 Å². The van der Waals surface area contributed by atoms with Gasteiger partial charge in [0.1, 0.15) is 0 Å². The first-order chi connectivity index (χ1) is 8.19. The molecule has 1 aromatic rings. The number of nitrogens with zero attached hydrogens (tertiary/aromatic N) is 2. The molecule has 1 unspecified atom stereocenters. The zero-order valence-corrected chi connectivity index (χ0v) is 9.54. The normalized spacial score (nSPS) is 12.6. The number of carbonyl (C=O) groups is 1. The summed E-state index contributed by atoms with van der Waals surface area (Å²) in [4.78, 5) is 11.3. The molecule has 6 heteroatoms. The Bertz CT molecular complexity index is 407. The van der Waals surface area contributed by atoms with E-state index in [4.69, 9.17) is 10.6 Å². The summed E-state index contributed by atoms with van der Waals surface area (Å²) in [5.41, 5.74) is 1.27. The van der Waals surface area contributed by atoms with Crippen LogP contribution in [0.5, 0.6) is 0 Å². The average molecular weight is 237 g/mol. The standard InChI is InChI=1S/C11H15N3O3/c1-2-17-11(16)10(15)9-5-3-4-8(6-9)7-13-14-12/h3-6,10,15H,2,7H2,1H3,(H2,12,13). The number of rotatable bonds is 5. The molecule has 17 heavy (non-hydrogen) atoms. The summed E-state index contributed by atoms with van der Waals surface area (Å²) < 4.78 is 4.73. The van der Waals surface area contributed by atoms with E-state index < -0.39 is 12.1 Å². The Hall–Kier alpha value is -1.95. The van der Waals surface area contributed by atoms with Crippen molar-refractivity contribution in [1.29, 1.82) is 0 Å². The van der Waals surface area contributed by atoms with Gasteiger partial charge in [-0.15, -0.1) is 0 Å². The maximum absolute atomic E-state index is 11.3. The molecule has 0 amide bonds. The number of esters is 1. The van der Waals surface area contributed by atoms with E-state index in [9.17, 15) is 9.90 Å². The lowest BCUT2D eigenvalue weighted by Gasteiger charge is -2.10. The van der Waals surface area contributed by atoms with Crippen LogP contribution in [0.2, 0.25) is 0 Å². The molecule has 1 atom stereocenters. The summed E-state index contributed by atoms with van der Waals surface area (Å²) in [7, 11) is 0. The lowest BCUT2D eigenvalue weighted by Crippen LogP contribution is -2.15. The van der Waals surface area contributed by atoms with Gasteiger partial charge in [-0.3, -0.25) is 0 Å². The summed E-state index contributed by atoms with van der Waals surface area (Å²) in [5, 5.41) is 16.5. The van der Waals surface area contributed by atoms with Crippen LogP contribution in [0.1, 0.15) is 24.2 Å². The van der Waals surface area contributed by atoms with E-state index in [2.05, 4.69) is 10.3 Å². The Balaban J connectivity index is 2.79. The fourth-order valence-corrected chi connectivity index (χ4v) is 1.34. The molecule has 0 heterocycles. The Morgan fingerprint density at radius 1 is 1.59 bits per heavy atom. The summed E-state index contributed by atoms with van der Waals surface area (Å²) in [6, 6.07) is 6.83. The first kappa shape index (κ1) is 13.1. The van der Waals surface area contributed by atoms with Gasteiger partial charge >= 0.3 is 5.97 Å². The minimum atomic E-state index is -1.27. The van der Waals surface area contributed by atoms with Crippen molar-refractivity contribution in [2.75, 3.05) is 6.61 Å². The van der Waals surface area contributed by atoms with Gasteiger partial charge in [0.15, 0.2) is 6.10 Å². The Kier molecular flexibility index (Phi) is 5.09. The average Bonchev–Trinajstić information content (AvgIpc) is 2.36. The maximum atomic E-state index is 11.3. The smallest absolute Gasteiger partial charge is 0.339 e. The fourth-order valence-electron chi connectivity index (χ4n) is 1.34. The highest BCUT2D eigenvalue weighted by atomic mass is 16.5. The molecule has 0 saturated carbocycles. The van der Waals surface area contributed by atoms with Crippen molar-refractivity contribution in [3.8, 4) is 0 Å². The van der Waals surface area contributed by atoms with E-state index in [0.29, 0.717) is 12.1 Å². The summed E-state index contributed by atoms with van der Waals surface area (Å²) in [6.45, 7) is 2.22. The lowest BCUT2D eigenvalue weighted by atomic mass is 10.1. The lowest BCUT2D eigenvalue weighted by molar-refractivity contribution is -0.153. The van der Waals surface area contributed by atoms with Gasteiger partial charge in [-0.25, -0.2) is 4.79 Å². The number of aliphatic hydroxyl groups is 1. The van der Waals surface area contributed by atoms with Gasteiger partial charge in [-0.1, -0.05) is 29.5 Å². The van der Waals surface area contributed by atoms with E-state index in [1.807, 2.05) is 0 Å². The van der Waals surface area contributed by atoms with Crippen LogP contribution >= 0.6 is 0 Å². The Labute approximate surface area is 99.1 Å². The maximum Gasteiger partial charge on any atom is 0.339 e. The van der Waals surface area contributed by atoms with Crippen molar-refractivity contribution in [3.63, 3.8) is 0 Å². The largest absolute Gasteiger partial charge is 0.464 e. The van der Waals surface area contributed by atoms with Crippen molar-refractivity contribution in [1.82, 2.24) is 0 Å². The van der Waals surface area contributed by atoms with E-state index >= 15 is 0 Å². The third-order valence-corrected chi connectivity index (χ3v) is 2.11. The van der Waals surface area contributed by atoms with Gasteiger partial charge in [-0.05, 0) is 18.1 Å². The van der Waals surface area contributed by atoms with Crippen LogP contribution in [0.15, 0.2) is 34.6 Å². The molecule has 0 spiro atoms. The molecular weight excluding hydrogens is 222 g/mol. The quantitative estimate of drug-likeness (QED) is 0.347. The molecule has 0 fully saturated rings. The second-order valence-electron chi connectivity index (χ2n) is 3.31. The molecule has 0 bridgehead atoms. The zero-order chi connectivity index (χ0) is 12.7. The third kappa shape index (κ3) is 3.84. The van der Waals surface area contributed by atoms with Crippen molar-refractivity contribution in [3.05, 3.63) is 35.4 Å². The highest BCUT2D eigenvalue weighted by molar-refractivity contribution is 5.76. The zero-order valence-electron chi connectivity index (χ0n) is 9.54. The first-order valence-corrected chi connectivity index (χ1v) is 5.19. The predicted molar refractivity (Wildman–Crippen MR) is 60.8 cm³/mol. The van der Waals surface area contributed by atoms with Crippen LogP contribution in [0.3, 0.4) is 0 Å². The predicted octanol–water partition coefficient (Wildman–Crippen LogP) is 1.11. The summed E-state index contributed by atoms with van der Waals surface area (Å²) >= 11 is 0. The van der Waals surface area contributed by atoms with E-state index in [0.717, 1.165) is 5.56 Å². The van der Waals surface area contributed by atoms with Crippen LogP contribution < -0.4 is 5.84 Å². The van der Waals surface area contributed by atoms with Gasteiger partial charge in [0.05, 0.1) is 13.2 Å². The fraction of sp³-hybridized carbons (Fsp3) is 0.364. The second kappa shape index (κ2) is 6.59. The van der Waals surface area contributed by atoms with Gasteiger partial charge in [0.25, 0.3) is 0 Å². The Morgan fingerprint density at radius 2 is 2.35 bits per heavy atom. The molecule has 0 aliphatic heterocycles. The van der Waals surface area contributed by atoms with E-state index in [-0.39, 0.29) is 6.61 Å². The van der Waals surface area contributed by atoms with Crippen LogP contribution in [0.4, 0.5) is 0 Å². The van der Waals surface area contributed by atoms with E-state index in [1.165, 1.54) is 0 Å². The minimum Gasteiger partial charge on any atom is -0.464 e. The number of benzene rings is 1. The van der Waals surface area contributed by atoms with Gasteiger partial charge < -0.3 is 15.7 Å². The van der Waals surface area contributed by atoms with Crippen LogP contribution in [0, 0.1) is 0 Å². The number of ether oxygens (including phenoxy) is 1. The van der Waals surface area contributed by atoms with E-state index in [1.54, 1.807) is 31.2 Å². The monoisotopic (exact) mass is 237 g/mol. The highest BCUT2D eigenvalue weighted by Crippen LogP contribution is 2.16. The number of hydrogen-bond acceptors (Lipinski definition) is 5. The molecule has 92 valence electrons. The topological polar surface area (TPSA) is 97.3 Å². The highest BCUT2D eigenvalue weighted by Gasteiger charge is 2.18. The summed E-state index contributed by atoms with van der Waals surface area (Å²) in [6.07, 6.45) is -1.27. The van der Waals surface area contributed by atoms with Crippen LogP contribution in [-0.4, -0.2) is 17.7 Å². The molecule has 0 radical (unpaired) electrons. The van der Waals surface area contributed by atoms with Crippen LogP contribution in [-0.2, 0) is 16.1 Å². The van der Waals surface area contributed by atoms with Crippen molar-refractivity contribution < 1.29 is 14.6 Å². The molecule has 1 rings (SSSR count). The molecule has 0 aliphatic carbocycles. The molecule has 3 N–H and O–H groups in total. The molecule has 0 saturated heterocycles. The van der Waals surface area contributed by atoms with Crippen LogP contribution in [0.25, 0.3) is 0 Å². The number of hydrogen-bond donors (Lipinski definition) is 2. The number of aliphatic hydroxyl groups excluding tert-OH is 1. The van der Waals surface area contributed by atoms with Crippen molar-refractivity contribution >= 4 is 5.97 Å². The number of nitrogens with two attached hydrogens (primary N) is 1. The van der Waals surface area contributed by atoms with Crippen molar-refractivity contribution in [2.24, 2.45) is 16.2 Å². The van der Waals surface area contributed by atoms with Gasteiger partial charge in [-0.2, -0.15) is 5.11 Å².